The van der Waals surface area contributed by atoms with Crippen LogP contribution in [-0.2, 0) is 6.54 Å². The number of carbonyl (C=O) groups is 1. The molecule has 21 heavy (non-hydrogen) atoms. The summed E-state index contributed by atoms with van der Waals surface area (Å²) in [7, 11) is 0. The van der Waals surface area contributed by atoms with Gasteiger partial charge in [-0.15, -0.1) is 0 Å². The van der Waals surface area contributed by atoms with Crippen molar-refractivity contribution in [2.75, 3.05) is 5.32 Å². The van der Waals surface area contributed by atoms with Crippen LogP contribution in [0.1, 0.15) is 16.1 Å². The third-order valence-corrected chi connectivity index (χ3v) is 3.36. The largest absolute Gasteiger partial charge is 0.325 e. The average molecular weight is 351 g/mol. The lowest BCUT2D eigenvalue weighted by Gasteiger charge is -2.06. The van der Waals surface area contributed by atoms with Crippen molar-refractivity contribution in [3.05, 3.63) is 62.4 Å². The summed E-state index contributed by atoms with van der Waals surface area (Å²) < 4.78 is 0.347. The molecule has 8 heteroatoms. The van der Waals surface area contributed by atoms with E-state index in [9.17, 15) is 14.9 Å². The van der Waals surface area contributed by atoms with Gasteiger partial charge in [-0.1, -0.05) is 0 Å². The summed E-state index contributed by atoms with van der Waals surface area (Å²) in [5.41, 5.74) is 6.65. The van der Waals surface area contributed by atoms with E-state index < -0.39 is 4.92 Å². The normalized spacial score (nSPS) is 10.2. The minimum Gasteiger partial charge on any atom is -0.325 e. The number of halogens is 1. The quantitative estimate of drug-likeness (QED) is 0.649. The molecule has 1 aromatic carbocycles. The fourth-order valence-electron chi connectivity index (χ4n) is 1.66. The lowest BCUT2D eigenvalue weighted by atomic mass is 10.2. The van der Waals surface area contributed by atoms with Gasteiger partial charge in [0.2, 0.25) is 0 Å². The molecular weight excluding hydrogens is 340 g/mol. The highest BCUT2D eigenvalue weighted by Crippen LogP contribution is 2.28. The minimum atomic E-state index is -0.529. The van der Waals surface area contributed by atoms with E-state index in [0.717, 1.165) is 0 Å². The Morgan fingerprint density at radius 1 is 1.38 bits per heavy atom. The van der Waals surface area contributed by atoms with Crippen molar-refractivity contribution in [2.24, 2.45) is 5.73 Å². The Balaban J connectivity index is 2.23. The van der Waals surface area contributed by atoms with Crippen LogP contribution in [0.15, 0.2) is 41.0 Å². The van der Waals surface area contributed by atoms with Crippen LogP contribution >= 0.6 is 15.9 Å². The molecule has 1 heterocycles. The van der Waals surface area contributed by atoms with Crippen molar-refractivity contribution in [1.82, 2.24) is 4.98 Å². The summed E-state index contributed by atoms with van der Waals surface area (Å²) in [5, 5.41) is 13.5. The van der Waals surface area contributed by atoms with Gasteiger partial charge in [0, 0.05) is 30.1 Å². The molecule has 7 nitrogen and oxygen atoms in total. The number of carbonyl (C=O) groups excluding carboxylic acids is 1. The number of hydrogen-bond acceptors (Lipinski definition) is 5. The first kappa shape index (κ1) is 15.1. The second kappa shape index (κ2) is 6.42. The first-order valence-electron chi connectivity index (χ1n) is 5.91. The minimum absolute atomic E-state index is 0.120. The van der Waals surface area contributed by atoms with Crippen molar-refractivity contribution in [3.8, 4) is 0 Å². The molecule has 3 N–H and O–H groups in total. The van der Waals surface area contributed by atoms with E-state index in [1.165, 1.54) is 18.3 Å². The van der Waals surface area contributed by atoms with Crippen LogP contribution in [0.25, 0.3) is 0 Å². The van der Waals surface area contributed by atoms with Gasteiger partial charge >= 0.3 is 0 Å². The number of pyridine rings is 1. The van der Waals surface area contributed by atoms with E-state index in [-0.39, 0.29) is 18.1 Å². The van der Waals surface area contributed by atoms with Crippen LogP contribution < -0.4 is 11.1 Å². The van der Waals surface area contributed by atoms with Gasteiger partial charge in [0.05, 0.1) is 15.1 Å². The van der Waals surface area contributed by atoms with Crippen molar-refractivity contribution < 1.29 is 9.72 Å². The Labute approximate surface area is 128 Å². The van der Waals surface area contributed by atoms with Gasteiger partial charge in [0.1, 0.15) is 0 Å². The molecule has 1 aromatic heterocycles. The highest BCUT2D eigenvalue weighted by atomic mass is 79.9. The molecule has 108 valence electrons. The predicted molar refractivity (Wildman–Crippen MR) is 80.9 cm³/mol. The van der Waals surface area contributed by atoms with E-state index in [1.807, 2.05) is 0 Å². The molecule has 0 spiro atoms. The lowest BCUT2D eigenvalue weighted by Crippen LogP contribution is -2.13. The number of aromatic nitrogens is 1. The summed E-state index contributed by atoms with van der Waals surface area (Å²) in [5.74, 6) is -0.385. The van der Waals surface area contributed by atoms with Crippen molar-refractivity contribution in [1.29, 1.82) is 0 Å². The van der Waals surface area contributed by atoms with Gasteiger partial charge in [-0.3, -0.25) is 19.9 Å². The van der Waals surface area contributed by atoms with Crippen LogP contribution in [0.2, 0.25) is 0 Å². The number of nitrogens with two attached hydrogens (primary N) is 1. The Bertz CT molecular complexity index is 706. The van der Waals surface area contributed by atoms with E-state index >= 15 is 0 Å². The Morgan fingerprint density at radius 2 is 2.14 bits per heavy atom. The van der Waals surface area contributed by atoms with E-state index in [0.29, 0.717) is 21.4 Å². The lowest BCUT2D eigenvalue weighted by molar-refractivity contribution is -0.385. The molecule has 0 unspecified atom stereocenters. The summed E-state index contributed by atoms with van der Waals surface area (Å²) in [4.78, 5) is 26.4. The first-order valence-corrected chi connectivity index (χ1v) is 6.71. The molecule has 0 aliphatic rings. The van der Waals surface area contributed by atoms with Crippen molar-refractivity contribution in [2.45, 2.75) is 6.54 Å². The SMILES string of the molecule is NCc1cc(C(=O)Nc2ccc(Br)c([N+](=O)[O-])c2)ccn1. The fourth-order valence-corrected chi connectivity index (χ4v) is 2.06. The number of benzene rings is 1. The number of nitro benzene ring substituents is 1. The van der Waals surface area contributed by atoms with E-state index in [1.54, 1.807) is 18.2 Å². The molecule has 0 saturated heterocycles. The molecule has 0 aliphatic heterocycles. The molecule has 2 rings (SSSR count). The van der Waals surface area contributed by atoms with Gasteiger partial charge in [-0.05, 0) is 40.2 Å². The zero-order chi connectivity index (χ0) is 15.4. The van der Waals surface area contributed by atoms with Crippen LogP contribution in [0.3, 0.4) is 0 Å². The standard InChI is InChI=1S/C13H11BrN4O3/c14-11-2-1-9(6-12(11)18(20)21)17-13(19)8-3-4-16-10(5-8)7-15/h1-6H,7,15H2,(H,17,19). The summed E-state index contributed by atoms with van der Waals surface area (Å²) in [6, 6.07) is 7.48. The number of nitrogens with one attached hydrogen (secondary N) is 1. The fraction of sp³-hybridized carbons (Fsp3) is 0.0769. The number of anilines is 1. The van der Waals surface area contributed by atoms with Gasteiger partial charge < -0.3 is 11.1 Å². The van der Waals surface area contributed by atoms with Crippen LogP contribution in [0, 0.1) is 10.1 Å². The maximum absolute atomic E-state index is 12.1. The van der Waals surface area contributed by atoms with Crippen molar-refractivity contribution >= 4 is 33.2 Å². The van der Waals surface area contributed by atoms with Crippen LogP contribution in [0.4, 0.5) is 11.4 Å². The smallest absolute Gasteiger partial charge is 0.285 e. The molecule has 0 aliphatic carbocycles. The molecule has 2 aromatic rings. The molecule has 0 radical (unpaired) electrons. The molecular formula is C13H11BrN4O3. The Kier molecular flexibility index (Phi) is 4.61. The highest BCUT2D eigenvalue weighted by Gasteiger charge is 2.14. The third kappa shape index (κ3) is 3.61. The number of nitrogens with zero attached hydrogens (tertiary/aromatic N) is 2. The van der Waals surface area contributed by atoms with Gasteiger partial charge in [-0.2, -0.15) is 0 Å². The van der Waals surface area contributed by atoms with Crippen LogP contribution in [0.5, 0.6) is 0 Å². The van der Waals surface area contributed by atoms with Gasteiger partial charge in [-0.25, -0.2) is 0 Å². The zero-order valence-corrected chi connectivity index (χ0v) is 12.3. The zero-order valence-electron chi connectivity index (χ0n) is 10.7. The maximum atomic E-state index is 12.1. The monoisotopic (exact) mass is 350 g/mol. The Morgan fingerprint density at radius 3 is 2.81 bits per heavy atom. The summed E-state index contributed by atoms with van der Waals surface area (Å²) in [6.45, 7) is 0.227. The van der Waals surface area contributed by atoms with E-state index in [4.69, 9.17) is 5.73 Å². The number of hydrogen-bond donors (Lipinski definition) is 2. The highest BCUT2D eigenvalue weighted by molar-refractivity contribution is 9.10. The van der Waals surface area contributed by atoms with Gasteiger partial charge in [0.15, 0.2) is 0 Å². The summed E-state index contributed by atoms with van der Waals surface area (Å²) >= 11 is 3.08. The van der Waals surface area contributed by atoms with Gasteiger partial charge in [0.25, 0.3) is 11.6 Å². The molecule has 1 amide bonds. The number of nitro groups is 1. The first-order chi connectivity index (χ1) is 10.0. The molecule has 0 fully saturated rings. The molecule has 0 atom stereocenters. The topological polar surface area (TPSA) is 111 Å². The number of amides is 1. The van der Waals surface area contributed by atoms with E-state index in [2.05, 4.69) is 26.2 Å². The average Bonchev–Trinajstić information content (AvgIpc) is 2.49. The second-order valence-corrected chi connectivity index (χ2v) is 4.97. The number of rotatable bonds is 4. The molecule has 0 bridgehead atoms. The third-order valence-electron chi connectivity index (χ3n) is 2.69. The second-order valence-electron chi connectivity index (χ2n) is 4.12. The van der Waals surface area contributed by atoms with Crippen molar-refractivity contribution in [3.63, 3.8) is 0 Å². The Hall–Kier alpha value is -2.32. The summed E-state index contributed by atoms with van der Waals surface area (Å²) in [6.07, 6.45) is 1.49. The predicted octanol–water partition coefficient (Wildman–Crippen LogP) is 2.46. The molecule has 0 saturated carbocycles. The maximum Gasteiger partial charge on any atom is 0.285 e. The van der Waals surface area contributed by atoms with Crippen LogP contribution in [-0.4, -0.2) is 15.8 Å².